The molecule has 0 saturated carbocycles. The Morgan fingerprint density at radius 2 is 2.04 bits per heavy atom. The summed E-state index contributed by atoms with van der Waals surface area (Å²) in [6.45, 7) is 0. The van der Waals surface area contributed by atoms with Crippen molar-refractivity contribution in [3.8, 4) is 6.07 Å². The van der Waals surface area contributed by atoms with E-state index in [0.29, 0.717) is 21.3 Å². The lowest BCUT2D eigenvalue weighted by molar-refractivity contribution is -0.121. The maximum Gasteiger partial charge on any atom is 0.234 e. The van der Waals surface area contributed by atoms with Crippen LogP contribution in [0.3, 0.4) is 0 Å². The summed E-state index contributed by atoms with van der Waals surface area (Å²) in [7, 11) is 0. The normalized spacial score (nSPS) is 16.4. The third-order valence-corrected chi connectivity index (χ3v) is 5.27. The van der Waals surface area contributed by atoms with Crippen molar-refractivity contribution >= 4 is 40.9 Å². The highest BCUT2D eigenvalue weighted by molar-refractivity contribution is 8.03. The van der Waals surface area contributed by atoms with Gasteiger partial charge in [0.2, 0.25) is 11.8 Å². The van der Waals surface area contributed by atoms with Gasteiger partial charge >= 0.3 is 0 Å². The predicted molar refractivity (Wildman–Crippen MR) is 107 cm³/mol. The van der Waals surface area contributed by atoms with Gasteiger partial charge in [0.05, 0.1) is 22.4 Å². The van der Waals surface area contributed by atoms with Crippen molar-refractivity contribution in [2.75, 3.05) is 11.1 Å². The first kappa shape index (κ1) is 19.0. The van der Waals surface area contributed by atoms with Crippen molar-refractivity contribution < 1.29 is 9.59 Å². The van der Waals surface area contributed by atoms with Crippen LogP contribution in [0.25, 0.3) is 0 Å². The maximum atomic E-state index is 12.2. The molecule has 1 atom stereocenters. The highest BCUT2D eigenvalue weighted by Gasteiger charge is 2.29. The number of amides is 2. The molecule has 0 aromatic heterocycles. The summed E-state index contributed by atoms with van der Waals surface area (Å²) in [4.78, 5) is 24.3. The molecule has 3 rings (SSSR count). The Kier molecular flexibility index (Phi) is 6.17. The highest BCUT2D eigenvalue weighted by atomic mass is 35.5. The van der Waals surface area contributed by atoms with Crippen LogP contribution in [-0.4, -0.2) is 17.6 Å². The van der Waals surface area contributed by atoms with Crippen molar-refractivity contribution in [3.63, 3.8) is 0 Å². The first-order chi connectivity index (χ1) is 13.1. The number of nitriles is 1. The van der Waals surface area contributed by atoms with E-state index in [1.807, 2.05) is 30.3 Å². The number of carbonyl (C=O) groups is 2. The molecule has 0 radical (unpaired) electrons. The zero-order valence-electron chi connectivity index (χ0n) is 14.2. The number of nitrogens with zero attached hydrogens (tertiary/aromatic N) is 1. The van der Waals surface area contributed by atoms with Crippen LogP contribution < -0.4 is 10.6 Å². The number of hydrogen-bond donors (Lipinski definition) is 2. The lowest BCUT2D eigenvalue weighted by Gasteiger charge is -2.25. The number of carbonyl (C=O) groups excluding carboxylic acids is 2. The van der Waals surface area contributed by atoms with Gasteiger partial charge in [0.1, 0.15) is 0 Å². The summed E-state index contributed by atoms with van der Waals surface area (Å²) in [5.74, 6) is -0.651. The van der Waals surface area contributed by atoms with Gasteiger partial charge in [-0.1, -0.05) is 59.8 Å². The van der Waals surface area contributed by atoms with Gasteiger partial charge < -0.3 is 10.6 Å². The third-order valence-electron chi connectivity index (χ3n) is 4.01. The number of hydrogen-bond acceptors (Lipinski definition) is 4. The second-order valence-electron chi connectivity index (χ2n) is 5.92. The molecule has 2 aromatic rings. The lowest BCUT2D eigenvalue weighted by Crippen LogP contribution is -2.31. The molecule has 27 heavy (non-hydrogen) atoms. The van der Waals surface area contributed by atoms with E-state index in [0.717, 1.165) is 17.3 Å². The third kappa shape index (κ3) is 4.91. The monoisotopic (exact) mass is 397 g/mol. The molecule has 7 heteroatoms. The molecule has 0 fully saturated rings. The minimum absolute atomic E-state index is 0.0643. The van der Waals surface area contributed by atoms with Gasteiger partial charge in [0.15, 0.2) is 0 Å². The molecule has 0 saturated heterocycles. The Hall–Kier alpha value is -2.75. The van der Waals surface area contributed by atoms with Gasteiger partial charge in [0, 0.05) is 23.0 Å². The van der Waals surface area contributed by atoms with Crippen LogP contribution in [0, 0.1) is 11.3 Å². The topological polar surface area (TPSA) is 82.0 Å². The van der Waals surface area contributed by atoms with Crippen LogP contribution in [0.5, 0.6) is 0 Å². The van der Waals surface area contributed by atoms with E-state index in [-0.39, 0.29) is 29.9 Å². The van der Waals surface area contributed by atoms with E-state index in [1.165, 1.54) is 0 Å². The molecule has 0 spiro atoms. The molecule has 0 bridgehead atoms. The Labute approximate surface area is 166 Å². The zero-order valence-corrected chi connectivity index (χ0v) is 15.8. The molecular formula is C20H16ClN3O2S. The van der Waals surface area contributed by atoms with E-state index in [4.69, 9.17) is 11.6 Å². The molecule has 0 aliphatic carbocycles. The zero-order chi connectivity index (χ0) is 19.2. The Morgan fingerprint density at radius 3 is 2.74 bits per heavy atom. The van der Waals surface area contributed by atoms with Gasteiger partial charge in [-0.3, -0.25) is 9.59 Å². The second kappa shape index (κ2) is 8.76. The summed E-state index contributed by atoms with van der Waals surface area (Å²) >= 11 is 7.05. The van der Waals surface area contributed by atoms with Crippen molar-refractivity contribution in [1.82, 2.24) is 5.32 Å². The molecular weight excluding hydrogens is 382 g/mol. The van der Waals surface area contributed by atoms with E-state index in [9.17, 15) is 14.9 Å². The van der Waals surface area contributed by atoms with Gasteiger partial charge in [0.25, 0.3) is 0 Å². The van der Waals surface area contributed by atoms with Crippen LogP contribution in [0.2, 0.25) is 5.02 Å². The van der Waals surface area contributed by atoms with Crippen molar-refractivity contribution in [1.29, 1.82) is 5.26 Å². The molecule has 5 nitrogen and oxygen atoms in total. The van der Waals surface area contributed by atoms with Crippen LogP contribution in [0.4, 0.5) is 5.69 Å². The number of thioether (sulfide) groups is 1. The van der Waals surface area contributed by atoms with Crippen LogP contribution >= 0.6 is 23.4 Å². The van der Waals surface area contributed by atoms with Crippen molar-refractivity contribution in [2.45, 2.75) is 12.3 Å². The standard InChI is InChI=1S/C20H16ClN3O2S/c21-14-7-4-8-15(9-14)23-19(26)12-27-20-17(11-22)16(10-18(25)24-20)13-5-2-1-3-6-13/h1-9,16H,10,12H2,(H,23,26)(H,24,25)/t16-/m1/s1. The Bertz CT molecular complexity index is 938. The minimum atomic E-state index is -0.302. The van der Waals surface area contributed by atoms with E-state index >= 15 is 0 Å². The minimum Gasteiger partial charge on any atom is -0.325 e. The summed E-state index contributed by atoms with van der Waals surface area (Å²) in [6.07, 6.45) is 0.214. The summed E-state index contributed by atoms with van der Waals surface area (Å²) < 4.78 is 0. The number of benzene rings is 2. The number of nitrogens with one attached hydrogen (secondary N) is 2. The quantitative estimate of drug-likeness (QED) is 0.797. The Balaban J connectivity index is 1.73. The smallest absolute Gasteiger partial charge is 0.234 e. The predicted octanol–water partition coefficient (Wildman–Crippen LogP) is 4.05. The number of halogens is 1. The average Bonchev–Trinajstić information content (AvgIpc) is 2.66. The van der Waals surface area contributed by atoms with Gasteiger partial charge in [-0.05, 0) is 23.8 Å². The summed E-state index contributed by atoms with van der Waals surface area (Å²) in [5, 5.41) is 16.1. The fraction of sp³-hybridized carbons (Fsp3) is 0.150. The summed E-state index contributed by atoms with van der Waals surface area (Å²) in [5.41, 5.74) is 1.98. The number of rotatable bonds is 5. The lowest BCUT2D eigenvalue weighted by atomic mass is 9.87. The largest absolute Gasteiger partial charge is 0.325 e. The molecule has 2 N–H and O–H groups in total. The SMILES string of the molecule is N#CC1=C(SCC(=O)Nc2cccc(Cl)c2)NC(=O)C[C@@H]1c1ccccc1. The summed E-state index contributed by atoms with van der Waals surface area (Å²) in [6, 6.07) is 18.5. The number of allylic oxidation sites excluding steroid dienone is 1. The molecule has 0 unspecified atom stereocenters. The van der Waals surface area contributed by atoms with Gasteiger partial charge in [-0.15, -0.1) is 0 Å². The fourth-order valence-corrected chi connectivity index (χ4v) is 3.87. The van der Waals surface area contributed by atoms with Crippen LogP contribution in [0.15, 0.2) is 65.2 Å². The van der Waals surface area contributed by atoms with E-state index in [2.05, 4.69) is 16.7 Å². The fourth-order valence-electron chi connectivity index (χ4n) is 2.80. The molecule has 136 valence electrons. The van der Waals surface area contributed by atoms with Gasteiger partial charge in [-0.2, -0.15) is 5.26 Å². The molecule has 1 aliphatic heterocycles. The molecule has 1 heterocycles. The first-order valence-corrected chi connectivity index (χ1v) is 9.60. The van der Waals surface area contributed by atoms with E-state index in [1.54, 1.807) is 24.3 Å². The van der Waals surface area contributed by atoms with Crippen LogP contribution in [0.1, 0.15) is 17.9 Å². The molecule has 2 aromatic carbocycles. The number of anilines is 1. The van der Waals surface area contributed by atoms with E-state index < -0.39 is 0 Å². The average molecular weight is 398 g/mol. The highest BCUT2D eigenvalue weighted by Crippen LogP contribution is 2.35. The molecule has 1 aliphatic rings. The second-order valence-corrected chi connectivity index (χ2v) is 7.34. The van der Waals surface area contributed by atoms with Gasteiger partial charge in [-0.25, -0.2) is 0 Å². The van der Waals surface area contributed by atoms with Crippen molar-refractivity contribution in [3.05, 3.63) is 75.8 Å². The maximum absolute atomic E-state index is 12.2. The first-order valence-electron chi connectivity index (χ1n) is 8.24. The Morgan fingerprint density at radius 1 is 1.26 bits per heavy atom. The van der Waals surface area contributed by atoms with Crippen molar-refractivity contribution in [2.24, 2.45) is 0 Å². The molecule has 2 amide bonds. The van der Waals surface area contributed by atoms with Crippen LogP contribution in [-0.2, 0) is 9.59 Å².